The van der Waals surface area contributed by atoms with E-state index in [-0.39, 0.29) is 0 Å². The van der Waals surface area contributed by atoms with E-state index in [1.165, 1.54) is 0 Å². The van der Waals surface area contributed by atoms with E-state index in [1.807, 2.05) is 40.9 Å². The quantitative estimate of drug-likeness (QED) is 0.577. The van der Waals surface area contributed by atoms with Gasteiger partial charge in [-0.3, -0.25) is 9.88 Å². The number of oxazole rings is 1. The minimum Gasteiger partial charge on any atom is -0.408 e. The molecule has 0 bridgehead atoms. The van der Waals surface area contributed by atoms with Crippen molar-refractivity contribution in [1.29, 1.82) is 0 Å². The highest BCUT2D eigenvalue weighted by Crippen LogP contribution is 2.28. The van der Waals surface area contributed by atoms with Crippen LogP contribution < -0.4 is 11.5 Å². The summed E-state index contributed by atoms with van der Waals surface area (Å²) in [5.41, 5.74) is 11.6. The van der Waals surface area contributed by atoms with Crippen molar-refractivity contribution in [1.82, 2.24) is 19.3 Å². The predicted octanol–water partition coefficient (Wildman–Crippen LogP) is 2.86. The molecule has 1 aromatic carbocycles. The number of nitrogens with one attached hydrogen (secondary N) is 1. The van der Waals surface area contributed by atoms with Crippen molar-refractivity contribution < 1.29 is 4.42 Å². The van der Waals surface area contributed by atoms with Crippen molar-refractivity contribution in [2.45, 2.75) is 20.4 Å². The average Bonchev–Trinajstić information content (AvgIpc) is 3.18. The zero-order chi connectivity index (χ0) is 18.3. The largest absolute Gasteiger partial charge is 0.417 e. The summed E-state index contributed by atoms with van der Waals surface area (Å²) >= 11 is 0. The number of hydrogen-bond donors (Lipinski definition) is 2. The van der Waals surface area contributed by atoms with Gasteiger partial charge >= 0.3 is 5.76 Å². The Kier molecular flexibility index (Phi) is 4.00. The van der Waals surface area contributed by atoms with Gasteiger partial charge in [0, 0.05) is 24.0 Å². The highest BCUT2D eigenvalue weighted by atomic mass is 16.4. The number of hydrogen-bond acceptors (Lipinski definition) is 5. The lowest BCUT2D eigenvalue weighted by molar-refractivity contribution is 0.292. The molecule has 3 aromatic heterocycles. The maximum Gasteiger partial charge on any atom is 0.417 e. The SMILES string of the molecule is CCN(CC)Cc1c(-c2ccc3[nH]c(=O)oc3c2)nc2ccc(N)cn12. The summed E-state index contributed by atoms with van der Waals surface area (Å²) in [5, 5.41) is 0. The molecule has 0 spiro atoms. The first-order valence-electron chi connectivity index (χ1n) is 8.71. The van der Waals surface area contributed by atoms with Crippen LogP contribution in [0.2, 0.25) is 0 Å². The monoisotopic (exact) mass is 351 g/mol. The first-order valence-corrected chi connectivity index (χ1v) is 8.71. The van der Waals surface area contributed by atoms with E-state index >= 15 is 0 Å². The molecule has 0 aliphatic heterocycles. The topological polar surface area (TPSA) is 92.6 Å². The van der Waals surface area contributed by atoms with Crippen molar-refractivity contribution in [2.75, 3.05) is 18.8 Å². The number of fused-ring (bicyclic) bond motifs is 2. The van der Waals surface area contributed by atoms with E-state index in [0.717, 1.165) is 42.2 Å². The second-order valence-corrected chi connectivity index (χ2v) is 6.28. The van der Waals surface area contributed by atoms with Gasteiger partial charge in [-0.2, -0.15) is 0 Å². The van der Waals surface area contributed by atoms with E-state index in [1.54, 1.807) is 0 Å². The van der Waals surface area contributed by atoms with Gasteiger partial charge < -0.3 is 14.6 Å². The number of nitrogens with zero attached hydrogens (tertiary/aromatic N) is 3. The number of aromatic nitrogens is 3. The van der Waals surface area contributed by atoms with Crippen molar-refractivity contribution in [3.8, 4) is 11.3 Å². The summed E-state index contributed by atoms with van der Waals surface area (Å²) in [6, 6.07) is 9.41. The van der Waals surface area contributed by atoms with Crippen molar-refractivity contribution in [3.05, 3.63) is 52.8 Å². The van der Waals surface area contributed by atoms with Crippen LogP contribution in [0.4, 0.5) is 5.69 Å². The number of anilines is 1. The van der Waals surface area contributed by atoms with Crippen LogP contribution in [0.1, 0.15) is 19.5 Å². The van der Waals surface area contributed by atoms with Gasteiger partial charge in [0.15, 0.2) is 5.58 Å². The minimum atomic E-state index is -0.455. The Balaban J connectivity index is 1.92. The van der Waals surface area contributed by atoms with Gasteiger partial charge in [-0.15, -0.1) is 0 Å². The molecule has 0 saturated heterocycles. The van der Waals surface area contributed by atoms with Crippen LogP contribution in [0.5, 0.6) is 0 Å². The second-order valence-electron chi connectivity index (χ2n) is 6.28. The number of nitrogen functional groups attached to an aromatic ring is 1. The summed E-state index contributed by atoms with van der Waals surface area (Å²) in [4.78, 5) is 21.2. The molecule has 0 unspecified atom stereocenters. The van der Waals surface area contributed by atoms with Crippen molar-refractivity contribution in [3.63, 3.8) is 0 Å². The normalized spacial score (nSPS) is 11.8. The lowest BCUT2D eigenvalue weighted by Crippen LogP contribution is -2.23. The zero-order valence-corrected chi connectivity index (χ0v) is 14.8. The third kappa shape index (κ3) is 2.76. The standard InChI is InChI=1S/C19H21N5O2/c1-3-23(4-2)11-15-18(22-17-8-6-13(20)10-24(15)17)12-5-7-14-16(9-12)26-19(25)21-14/h5-10H,3-4,11,20H2,1-2H3,(H,21,25). The van der Waals surface area contributed by atoms with Crippen LogP contribution in [-0.2, 0) is 6.54 Å². The number of rotatable bonds is 5. The molecular formula is C19H21N5O2. The molecule has 0 fully saturated rings. The highest BCUT2D eigenvalue weighted by molar-refractivity contribution is 5.80. The Morgan fingerprint density at radius 3 is 2.81 bits per heavy atom. The number of benzene rings is 1. The van der Waals surface area contributed by atoms with E-state index in [0.29, 0.717) is 16.8 Å². The van der Waals surface area contributed by atoms with Crippen LogP contribution in [0.3, 0.4) is 0 Å². The Hall–Kier alpha value is -3.06. The van der Waals surface area contributed by atoms with Gasteiger partial charge in [0.05, 0.1) is 16.9 Å². The van der Waals surface area contributed by atoms with Crippen LogP contribution in [-0.4, -0.2) is 32.4 Å². The molecule has 7 nitrogen and oxygen atoms in total. The number of pyridine rings is 1. The van der Waals surface area contributed by atoms with Crippen molar-refractivity contribution in [2.24, 2.45) is 0 Å². The number of nitrogens with two attached hydrogens (primary N) is 1. The lowest BCUT2D eigenvalue weighted by Gasteiger charge is -2.18. The fraction of sp³-hybridized carbons (Fsp3) is 0.263. The van der Waals surface area contributed by atoms with Gasteiger partial charge in [0.25, 0.3) is 0 Å². The highest BCUT2D eigenvalue weighted by Gasteiger charge is 2.17. The fourth-order valence-corrected chi connectivity index (χ4v) is 3.24. The van der Waals surface area contributed by atoms with Crippen LogP contribution >= 0.6 is 0 Å². The zero-order valence-electron chi connectivity index (χ0n) is 14.8. The van der Waals surface area contributed by atoms with E-state index in [4.69, 9.17) is 15.1 Å². The predicted molar refractivity (Wildman–Crippen MR) is 102 cm³/mol. The molecule has 0 amide bonds. The Morgan fingerprint density at radius 2 is 2.04 bits per heavy atom. The van der Waals surface area contributed by atoms with Crippen molar-refractivity contribution >= 4 is 22.4 Å². The van der Waals surface area contributed by atoms with Crippen LogP contribution in [0, 0.1) is 0 Å². The Morgan fingerprint density at radius 1 is 1.23 bits per heavy atom. The van der Waals surface area contributed by atoms with Gasteiger partial charge in [0.1, 0.15) is 5.65 Å². The molecular weight excluding hydrogens is 330 g/mol. The smallest absolute Gasteiger partial charge is 0.408 e. The third-order valence-electron chi connectivity index (χ3n) is 4.70. The summed E-state index contributed by atoms with van der Waals surface area (Å²) in [5.74, 6) is -0.455. The molecule has 26 heavy (non-hydrogen) atoms. The molecule has 134 valence electrons. The summed E-state index contributed by atoms with van der Waals surface area (Å²) < 4.78 is 7.25. The first kappa shape index (κ1) is 16.4. The maximum atomic E-state index is 11.4. The number of aromatic amines is 1. The van der Waals surface area contributed by atoms with Gasteiger partial charge in [0.2, 0.25) is 0 Å². The molecule has 4 aromatic rings. The first-order chi connectivity index (χ1) is 12.6. The maximum absolute atomic E-state index is 11.4. The molecule has 0 radical (unpaired) electrons. The molecule has 0 atom stereocenters. The molecule has 3 N–H and O–H groups in total. The summed E-state index contributed by atoms with van der Waals surface area (Å²) in [7, 11) is 0. The summed E-state index contributed by atoms with van der Waals surface area (Å²) in [6.45, 7) is 6.92. The van der Waals surface area contributed by atoms with Gasteiger partial charge in [-0.05, 0) is 37.4 Å². The Labute approximate surface area is 150 Å². The Bertz CT molecular complexity index is 1130. The van der Waals surface area contributed by atoms with E-state index < -0.39 is 5.76 Å². The number of imidazole rings is 1. The minimum absolute atomic E-state index is 0.455. The molecule has 0 aliphatic rings. The number of H-pyrrole nitrogens is 1. The van der Waals surface area contributed by atoms with Gasteiger partial charge in [-0.25, -0.2) is 9.78 Å². The fourth-order valence-electron chi connectivity index (χ4n) is 3.24. The van der Waals surface area contributed by atoms with E-state index in [2.05, 4.69) is 23.7 Å². The lowest BCUT2D eigenvalue weighted by atomic mass is 10.1. The van der Waals surface area contributed by atoms with Crippen LogP contribution in [0.15, 0.2) is 45.7 Å². The van der Waals surface area contributed by atoms with Crippen LogP contribution in [0.25, 0.3) is 28.0 Å². The third-order valence-corrected chi connectivity index (χ3v) is 4.70. The average molecular weight is 351 g/mol. The molecule has 7 heteroatoms. The second kappa shape index (κ2) is 6.34. The summed E-state index contributed by atoms with van der Waals surface area (Å²) in [6.07, 6.45) is 1.90. The molecule has 3 heterocycles. The molecule has 4 rings (SSSR count). The molecule has 0 aliphatic carbocycles. The van der Waals surface area contributed by atoms with Gasteiger partial charge in [-0.1, -0.05) is 19.9 Å². The molecule has 0 saturated carbocycles. The van der Waals surface area contributed by atoms with E-state index in [9.17, 15) is 4.79 Å².